The van der Waals surface area contributed by atoms with Crippen molar-refractivity contribution >= 4 is 35.0 Å². The maximum atomic E-state index is 12.7. The number of nitrogens with one attached hydrogen (secondary N) is 4. The van der Waals surface area contributed by atoms with Gasteiger partial charge in [-0.15, -0.1) is 0 Å². The smallest absolute Gasteiger partial charge is 0.326 e. The number of aldehydes is 1. The fourth-order valence-corrected chi connectivity index (χ4v) is 4.51. The first-order valence-corrected chi connectivity index (χ1v) is 12.5. The molecule has 37 heavy (non-hydrogen) atoms. The summed E-state index contributed by atoms with van der Waals surface area (Å²) in [5, 5.41) is 18.6. The van der Waals surface area contributed by atoms with Gasteiger partial charge in [-0.25, -0.2) is 4.79 Å². The number of nitrogens with zero attached hydrogens (tertiary/aromatic N) is 1. The van der Waals surface area contributed by atoms with Gasteiger partial charge in [-0.2, -0.15) is 0 Å². The summed E-state index contributed by atoms with van der Waals surface area (Å²) in [7, 11) is 0. The average molecular weight is 506 g/mol. The number of rotatable bonds is 12. The van der Waals surface area contributed by atoms with Crippen LogP contribution in [-0.2, 0) is 29.0 Å². The molecule has 0 aliphatic carbocycles. The van der Waals surface area contributed by atoms with E-state index in [1.807, 2.05) is 6.07 Å². The molecule has 0 radical (unpaired) electrons. The normalized spacial score (nSPS) is 13.5. The van der Waals surface area contributed by atoms with Crippen molar-refractivity contribution in [1.82, 2.24) is 25.9 Å². The Morgan fingerprint density at radius 3 is 2.78 bits per heavy atom. The van der Waals surface area contributed by atoms with Crippen molar-refractivity contribution in [3.05, 3.63) is 64.6 Å². The first-order chi connectivity index (χ1) is 18.0. The number of aryl methyl sites for hydroxylation is 1. The summed E-state index contributed by atoms with van der Waals surface area (Å²) in [5.41, 5.74) is 4.23. The van der Waals surface area contributed by atoms with E-state index in [0.717, 1.165) is 43.7 Å². The van der Waals surface area contributed by atoms with E-state index in [0.29, 0.717) is 30.0 Å². The van der Waals surface area contributed by atoms with E-state index in [1.54, 1.807) is 24.3 Å². The van der Waals surface area contributed by atoms with Crippen LogP contribution in [0.25, 0.3) is 10.9 Å². The van der Waals surface area contributed by atoms with Crippen LogP contribution in [0, 0.1) is 0 Å². The molecule has 3 heterocycles. The molecule has 2 aromatic heterocycles. The van der Waals surface area contributed by atoms with E-state index in [1.165, 1.54) is 5.56 Å². The molecule has 10 nitrogen and oxygen atoms in total. The van der Waals surface area contributed by atoms with E-state index in [9.17, 15) is 24.3 Å². The zero-order valence-electron chi connectivity index (χ0n) is 20.5. The minimum Gasteiger partial charge on any atom is -0.480 e. The Morgan fingerprint density at radius 1 is 1.14 bits per heavy atom. The molecule has 1 atom stereocenters. The van der Waals surface area contributed by atoms with Gasteiger partial charge in [0.05, 0.1) is 5.56 Å². The molecule has 4 rings (SSSR count). The predicted octanol–water partition coefficient (Wildman–Crippen LogP) is 2.12. The van der Waals surface area contributed by atoms with E-state index in [-0.39, 0.29) is 30.1 Å². The number of carbonyl (C=O) groups excluding carboxylic acids is 3. The van der Waals surface area contributed by atoms with Gasteiger partial charge in [-0.3, -0.25) is 19.4 Å². The van der Waals surface area contributed by atoms with Gasteiger partial charge >= 0.3 is 5.97 Å². The quantitative estimate of drug-likeness (QED) is 0.187. The molecule has 10 heteroatoms. The number of para-hydroxylation sites is 1. The number of H-pyrrole nitrogens is 1. The number of aromatic amines is 1. The minimum atomic E-state index is -1.22. The zero-order valence-corrected chi connectivity index (χ0v) is 20.5. The number of benzene rings is 1. The Hall–Kier alpha value is -4.05. The Kier molecular flexibility index (Phi) is 8.63. The Labute approximate surface area is 214 Å². The molecule has 1 aliphatic heterocycles. The highest BCUT2D eigenvalue weighted by Gasteiger charge is 2.24. The monoisotopic (exact) mass is 505 g/mol. The molecule has 1 aliphatic rings. The maximum absolute atomic E-state index is 12.7. The van der Waals surface area contributed by atoms with Gasteiger partial charge in [-0.1, -0.05) is 24.3 Å². The molecule has 1 unspecified atom stereocenters. The highest BCUT2D eigenvalue weighted by Crippen LogP contribution is 2.21. The SMILES string of the molecule is O=Cc1c(C(=O)NC(CCNC(=O)CCCCc2ccc3c(n2)CCNC3)C(=O)O)[nH]c2ccccc12. The molecule has 194 valence electrons. The minimum absolute atomic E-state index is 0.0107. The molecular formula is C27H31N5O5. The second kappa shape index (κ2) is 12.3. The lowest BCUT2D eigenvalue weighted by Gasteiger charge is -2.16. The largest absolute Gasteiger partial charge is 0.480 e. The van der Waals surface area contributed by atoms with Crippen LogP contribution < -0.4 is 16.0 Å². The molecule has 0 fully saturated rings. The van der Waals surface area contributed by atoms with Gasteiger partial charge < -0.3 is 26.0 Å². The molecule has 0 bridgehead atoms. The summed E-state index contributed by atoms with van der Waals surface area (Å²) in [6.07, 6.45) is 4.17. The predicted molar refractivity (Wildman–Crippen MR) is 137 cm³/mol. The number of carboxylic acids is 1. The van der Waals surface area contributed by atoms with E-state index in [4.69, 9.17) is 4.98 Å². The molecule has 0 saturated carbocycles. The summed E-state index contributed by atoms with van der Waals surface area (Å²) < 4.78 is 0. The molecule has 3 aromatic rings. The number of carbonyl (C=O) groups is 4. The number of hydrogen-bond donors (Lipinski definition) is 5. The van der Waals surface area contributed by atoms with E-state index >= 15 is 0 Å². The third-order valence-corrected chi connectivity index (χ3v) is 6.52. The van der Waals surface area contributed by atoms with Crippen LogP contribution in [0.3, 0.4) is 0 Å². The number of unbranched alkanes of at least 4 members (excludes halogenated alkanes) is 1. The number of aliphatic carboxylic acids is 1. The number of carboxylic acid groups (broad SMARTS) is 1. The van der Waals surface area contributed by atoms with Gasteiger partial charge in [0.2, 0.25) is 5.91 Å². The fourth-order valence-electron chi connectivity index (χ4n) is 4.51. The third-order valence-electron chi connectivity index (χ3n) is 6.52. The number of amides is 2. The summed E-state index contributed by atoms with van der Waals surface area (Å²) in [5.74, 6) is -2.08. The third kappa shape index (κ3) is 6.59. The van der Waals surface area contributed by atoms with Crippen molar-refractivity contribution in [3.8, 4) is 0 Å². The maximum Gasteiger partial charge on any atom is 0.326 e. The van der Waals surface area contributed by atoms with Crippen LogP contribution in [-0.4, -0.2) is 58.3 Å². The van der Waals surface area contributed by atoms with E-state index in [2.05, 4.69) is 27.0 Å². The van der Waals surface area contributed by atoms with Crippen LogP contribution in [0.2, 0.25) is 0 Å². The van der Waals surface area contributed by atoms with Crippen molar-refractivity contribution in [2.45, 2.75) is 51.1 Å². The van der Waals surface area contributed by atoms with Crippen LogP contribution in [0.15, 0.2) is 36.4 Å². The lowest BCUT2D eigenvalue weighted by molar-refractivity contribution is -0.139. The van der Waals surface area contributed by atoms with Gasteiger partial charge in [0, 0.05) is 54.8 Å². The highest BCUT2D eigenvalue weighted by atomic mass is 16.4. The first kappa shape index (κ1) is 26.0. The standard InChI is InChI=1S/C27H31N5O5/c33-16-20-19-6-2-3-7-22(19)31-25(20)26(35)32-23(27(36)37)12-14-29-24(34)8-4-1-5-18-10-9-17-15-28-13-11-21(17)30-18/h2-3,6-7,9-10,16,23,28,31H,1,4-5,8,11-15H2,(H,29,34)(H,32,35)(H,36,37). The van der Waals surface area contributed by atoms with Gasteiger partial charge in [0.1, 0.15) is 11.7 Å². The zero-order chi connectivity index (χ0) is 26.2. The highest BCUT2D eigenvalue weighted by molar-refractivity contribution is 6.10. The second-order valence-corrected chi connectivity index (χ2v) is 9.12. The first-order valence-electron chi connectivity index (χ1n) is 12.5. The lowest BCUT2D eigenvalue weighted by atomic mass is 10.0. The number of pyridine rings is 1. The fraction of sp³-hybridized carbons (Fsp3) is 0.370. The molecule has 2 amide bonds. The summed E-state index contributed by atoms with van der Waals surface area (Å²) in [6.45, 7) is 1.90. The molecule has 5 N–H and O–H groups in total. The van der Waals surface area contributed by atoms with Gasteiger partial charge in [0.15, 0.2) is 6.29 Å². The van der Waals surface area contributed by atoms with Gasteiger partial charge in [-0.05, 0) is 43.4 Å². The topological polar surface area (TPSA) is 153 Å². The molecular weight excluding hydrogens is 474 g/mol. The average Bonchev–Trinajstić information content (AvgIpc) is 3.29. The number of hydrogen-bond acceptors (Lipinski definition) is 6. The Morgan fingerprint density at radius 2 is 1.97 bits per heavy atom. The van der Waals surface area contributed by atoms with Crippen molar-refractivity contribution in [2.24, 2.45) is 0 Å². The van der Waals surface area contributed by atoms with Crippen LogP contribution >= 0.6 is 0 Å². The van der Waals surface area contributed by atoms with Crippen molar-refractivity contribution in [1.29, 1.82) is 0 Å². The van der Waals surface area contributed by atoms with Gasteiger partial charge in [0.25, 0.3) is 5.91 Å². The Balaban J connectivity index is 1.20. The van der Waals surface area contributed by atoms with Crippen molar-refractivity contribution < 1.29 is 24.3 Å². The molecule has 1 aromatic carbocycles. The van der Waals surface area contributed by atoms with E-state index < -0.39 is 17.9 Å². The Bertz CT molecular complexity index is 1300. The van der Waals surface area contributed by atoms with Crippen LogP contribution in [0.5, 0.6) is 0 Å². The number of aromatic nitrogens is 2. The summed E-state index contributed by atoms with van der Waals surface area (Å²) in [4.78, 5) is 55.8. The van der Waals surface area contributed by atoms with Crippen LogP contribution in [0.4, 0.5) is 0 Å². The van der Waals surface area contributed by atoms with Crippen molar-refractivity contribution in [2.75, 3.05) is 13.1 Å². The number of fused-ring (bicyclic) bond motifs is 2. The van der Waals surface area contributed by atoms with Crippen molar-refractivity contribution in [3.63, 3.8) is 0 Å². The second-order valence-electron chi connectivity index (χ2n) is 9.12. The molecule has 0 spiro atoms. The van der Waals surface area contributed by atoms with Crippen LogP contribution in [0.1, 0.15) is 63.5 Å². The lowest BCUT2D eigenvalue weighted by Crippen LogP contribution is -2.43. The summed E-state index contributed by atoms with van der Waals surface area (Å²) >= 11 is 0. The molecule has 0 saturated heterocycles. The summed E-state index contributed by atoms with van der Waals surface area (Å²) in [6, 6.07) is 9.88.